The number of sulfonamides is 1. The Balaban J connectivity index is 1.53. The number of anilines is 2. The number of halogens is 1. The van der Waals surface area contributed by atoms with Gasteiger partial charge in [-0.05, 0) is 30.3 Å². The van der Waals surface area contributed by atoms with Crippen LogP contribution < -0.4 is 15.4 Å². The average Bonchev–Trinajstić information content (AvgIpc) is 3.16. The highest BCUT2D eigenvalue weighted by atomic mass is 32.2. The van der Waals surface area contributed by atoms with Gasteiger partial charge < -0.3 is 5.32 Å². The third kappa shape index (κ3) is 5.55. The minimum atomic E-state index is -3.62. The second-order valence-corrected chi connectivity index (χ2v) is 7.93. The monoisotopic (exact) mass is 428 g/mol. The summed E-state index contributed by atoms with van der Waals surface area (Å²) in [5.74, 6) is -0.687. The van der Waals surface area contributed by atoms with E-state index in [-0.39, 0.29) is 23.7 Å². The lowest BCUT2D eigenvalue weighted by atomic mass is 10.2. The van der Waals surface area contributed by atoms with Gasteiger partial charge in [-0.3, -0.25) is 10.0 Å². The Hall–Kier alpha value is -3.91. The molecule has 0 saturated carbocycles. The van der Waals surface area contributed by atoms with Crippen LogP contribution in [0.15, 0.2) is 60.8 Å². The quantitative estimate of drug-likeness (QED) is 0.532. The lowest BCUT2D eigenvalue weighted by molar-refractivity contribution is 0.252. The van der Waals surface area contributed by atoms with Crippen LogP contribution in [0.3, 0.4) is 0 Å². The Morgan fingerprint density at radius 1 is 1.17 bits per heavy atom. The molecule has 1 heterocycles. The standard InChI is InChI=1S/C19H17FN6O3S/c20-15-6-7-17(14(12-15)13-21)26-10-8-18(24-26)23-19(27)22-9-11-30(28,29)25-16-4-2-1-3-5-16/h1-8,10,12,25H,9,11H2,(H2,22,23,24,27). The van der Waals surface area contributed by atoms with Gasteiger partial charge in [0.25, 0.3) is 0 Å². The molecule has 0 spiro atoms. The number of hydrogen-bond acceptors (Lipinski definition) is 5. The number of benzene rings is 2. The highest BCUT2D eigenvalue weighted by molar-refractivity contribution is 7.92. The van der Waals surface area contributed by atoms with Gasteiger partial charge in [-0.2, -0.15) is 5.26 Å². The molecule has 154 valence electrons. The molecule has 0 fully saturated rings. The first kappa shape index (κ1) is 20.8. The van der Waals surface area contributed by atoms with E-state index in [9.17, 15) is 17.6 Å². The van der Waals surface area contributed by atoms with E-state index in [1.54, 1.807) is 30.3 Å². The summed E-state index contributed by atoms with van der Waals surface area (Å²) in [5, 5.41) is 18.1. The summed E-state index contributed by atoms with van der Waals surface area (Å²) in [6.07, 6.45) is 1.50. The zero-order valence-electron chi connectivity index (χ0n) is 15.5. The van der Waals surface area contributed by atoms with E-state index in [0.717, 1.165) is 6.07 Å². The first-order valence-electron chi connectivity index (χ1n) is 8.72. The van der Waals surface area contributed by atoms with Crippen molar-refractivity contribution in [2.45, 2.75) is 0 Å². The van der Waals surface area contributed by atoms with Crippen molar-refractivity contribution < 1.29 is 17.6 Å². The molecule has 0 aliphatic carbocycles. The van der Waals surface area contributed by atoms with Gasteiger partial charge in [-0.15, -0.1) is 5.10 Å². The Kier molecular flexibility index (Phi) is 6.29. The van der Waals surface area contributed by atoms with Crippen molar-refractivity contribution in [3.8, 4) is 11.8 Å². The molecule has 0 saturated heterocycles. The molecular weight excluding hydrogens is 411 g/mol. The van der Waals surface area contributed by atoms with Crippen LogP contribution in [0.4, 0.5) is 20.7 Å². The molecule has 0 unspecified atom stereocenters. The van der Waals surface area contributed by atoms with E-state index in [1.807, 2.05) is 6.07 Å². The second kappa shape index (κ2) is 9.06. The first-order valence-corrected chi connectivity index (χ1v) is 10.4. The van der Waals surface area contributed by atoms with Crippen molar-refractivity contribution in [3.05, 3.63) is 72.2 Å². The van der Waals surface area contributed by atoms with E-state index >= 15 is 0 Å². The molecular formula is C19H17FN6O3S. The summed E-state index contributed by atoms with van der Waals surface area (Å²) in [4.78, 5) is 12.0. The number of para-hydroxylation sites is 1. The van der Waals surface area contributed by atoms with Crippen molar-refractivity contribution in [1.29, 1.82) is 5.26 Å². The first-order chi connectivity index (χ1) is 14.4. The fourth-order valence-corrected chi connectivity index (χ4v) is 3.49. The third-order valence-corrected chi connectivity index (χ3v) is 5.15. The summed E-state index contributed by atoms with van der Waals surface area (Å²) >= 11 is 0. The van der Waals surface area contributed by atoms with Crippen molar-refractivity contribution in [1.82, 2.24) is 15.1 Å². The molecule has 3 N–H and O–H groups in total. The van der Waals surface area contributed by atoms with Gasteiger partial charge in [0.1, 0.15) is 11.9 Å². The Morgan fingerprint density at radius 3 is 2.67 bits per heavy atom. The predicted octanol–water partition coefficient (Wildman–Crippen LogP) is 2.45. The summed E-state index contributed by atoms with van der Waals surface area (Å²) in [7, 11) is -3.62. The molecule has 30 heavy (non-hydrogen) atoms. The number of hydrogen-bond donors (Lipinski definition) is 3. The van der Waals surface area contributed by atoms with Gasteiger partial charge in [0, 0.05) is 24.5 Å². The van der Waals surface area contributed by atoms with E-state index in [4.69, 9.17) is 5.26 Å². The molecule has 0 radical (unpaired) electrons. The molecule has 0 atom stereocenters. The third-order valence-electron chi connectivity index (χ3n) is 3.86. The van der Waals surface area contributed by atoms with Gasteiger partial charge in [0.15, 0.2) is 5.82 Å². The number of carbonyl (C=O) groups is 1. The number of nitrogens with zero attached hydrogens (tertiary/aromatic N) is 3. The van der Waals surface area contributed by atoms with Crippen LogP contribution in [0.1, 0.15) is 5.56 Å². The normalized spacial score (nSPS) is 10.8. The lowest BCUT2D eigenvalue weighted by Gasteiger charge is -2.09. The number of amides is 2. The molecule has 0 bridgehead atoms. The van der Waals surface area contributed by atoms with Crippen LogP contribution in [0.5, 0.6) is 0 Å². The summed E-state index contributed by atoms with van der Waals surface area (Å²) in [6.45, 7) is -0.120. The minimum absolute atomic E-state index is 0.0882. The number of nitrogens with one attached hydrogen (secondary N) is 3. The van der Waals surface area contributed by atoms with Gasteiger partial charge in [0.2, 0.25) is 10.0 Å². The van der Waals surface area contributed by atoms with Crippen LogP contribution >= 0.6 is 0 Å². The SMILES string of the molecule is N#Cc1cc(F)ccc1-n1ccc(NC(=O)NCCS(=O)(=O)Nc2ccccc2)n1. The van der Waals surface area contributed by atoms with Crippen LogP contribution in [-0.4, -0.2) is 36.5 Å². The van der Waals surface area contributed by atoms with Crippen molar-refractivity contribution in [3.63, 3.8) is 0 Å². The summed E-state index contributed by atoms with van der Waals surface area (Å²) in [6, 6.07) is 14.8. The zero-order valence-corrected chi connectivity index (χ0v) is 16.4. The maximum atomic E-state index is 13.3. The van der Waals surface area contributed by atoms with Gasteiger partial charge >= 0.3 is 6.03 Å². The minimum Gasteiger partial charge on any atom is -0.337 e. The van der Waals surface area contributed by atoms with E-state index in [2.05, 4.69) is 20.5 Å². The number of carbonyl (C=O) groups excluding carboxylic acids is 1. The Bertz CT molecular complexity index is 1190. The molecule has 1 aromatic heterocycles. The molecule has 3 rings (SSSR count). The Labute approximate surface area is 172 Å². The summed E-state index contributed by atoms with van der Waals surface area (Å²) < 4.78 is 41.1. The molecule has 9 nitrogen and oxygen atoms in total. The van der Waals surface area contributed by atoms with Crippen molar-refractivity contribution in [2.24, 2.45) is 0 Å². The number of urea groups is 1. The van der Waals surface area contributed by atoms with Crippen molar-refractivity contribution in [2.75, 3.05) is 22.3 Å². The van der Waals surface area contributed by atoms with Crippen LogP contribution in [0, 0.1) is 17.1 Å². The lowest BCUT2D eigenvalue weighted by Crippen LogP contribution is -2.34. The summed E-state index contributed by atoms with van der Waals surface area (Å²) in [5.41, 5.74) is 0.876. The molecule has 2 aromatic carbocycles. The highest BCUT2D eigenvalue weighted by Gasteiger charge is 2.12. The number of aromatic nitrogens is 2. The van der Waals surface area contributed by atoms with E-state index in [1.165, 1.54) is 29.1 Å². The topological polar surface area (TPSA) is 129 Å². The van der Waals surface area contributed by atoms with Crippen molar-refractivity contribution >= 4 is 27.6 Å². The fraction of sp³-hybridized carbons (Fsp3) is 0.105. The van der Waals surface area contributed by atoms with E-state index < -0.39 is 21.9 Å². The molecule has 0 aliphatic rings. The van der Waals surface area contributed by atoms with Gasteiger partial charge in [-0.1, -0.05) is 18.2 Å². The zero-order chi connectivity index (χ0) is 21.6. The fourth-order valence-electron chi connectivity index (χ4n) is 2.52. The predicted molar refractivity (Wildman–Crippen MR) is 109 cm³/mol. The highest BCUT2D eigenvalue weighted by Crippen LogP contribution is 2.16. The molecule has 11 heteroatoms. The molecule has 3 aromatic rings. The molecule has 0 aliphatic heterocycles. The number of nitriles is 1. The maximum absolute atomic E-state index is 13.3. The average molecular weight is 428 g/mol. The van der Waals surface area contributed by atoms with E-state index in [0.29, 0.717) is 11.4 Å². The number of rotatable bonds is 7. The second-order valence-electron chi connectivity index (χ2n) is 6.09. The largest absolute Gasteiger partial charge is 0.337 e. The van der Waals surface area contributed by atoms with Crippen LogP contribution in [0.25, 0.3) is 5.69 Å². The van der Waals surface area contributed by atoms with Gasteiger partial charge in [-0.25, -0.2) is 22.3 Å². The van der Waals surface area contributed by atoms with Crippen LogP contribution in [0.2, 0.25) is 0 Å². The van der Waals surface area contributed by atoms with Crippen LogP contribution in [-0.2, 0) is 10.0 Å². The smallest absolute Gasteiger partial charge is 0.320 e. The van der Waals surface area contributed by atoms with Gasteiger partial charge in [0.05, 0.1) is 17.0 Å². The Morgan fingerprint density at radius 2 is 1.93 bits per heavy atom. The molecule has 2 amide bonds. The maximum Gasteiger partial charge on any atom is 0.320 e.